The Kier molecular flexibility index (Phi) is 4.20. The van der Waals surface area contributed by atoms with Crippen LogP contribution in [0.25, 0.3) is 11.1 Å². The fraction of sp³-hybridized carbons (Fsp3) is 0. The lowest BCUT2D eigenvalue weighted by molar-refractivity contribution is -0.387. The highest BCUT2D eigenvalue weighted by molar-refractivity contribution is 6.07. The molecule has 2 rings (SSSR count). The maximum absolute atomic E-state index is 14.1. The highest BCUT2D eigenvalue weighted by atomic mass is 19.1. The van der Waals surface area contributed by atoms with Gasteiger partial charge in [-0.15, -0.1) is 0 Å². The normalized spacial score (nSPS) is 10.5. The average Bonchev–Trinajstić information content (AvgIpc) is 2.44. The number of hydrogen-bond donors (Lipinski definition) is 4. The zero-order valence-corrected chi connectivity index (χ0v) is 11.9. The molecule has 0 unspecified atom stereocenters. The van der Waals surface area contributed by atoms with Crippen LogP contribution in [0.2, 0.25) is 0 Å². The number of nitrogen functional groups attached to an aromatic ring is 1. The first-order chi connectivity index (χ1) is 11.6. The number of nitro benzene ring substituents is 1. The number of aromatic nitrogens is 1. The summed E-state index contributed by atoms with van der Waals surface area (Å²) in [6.07, 6.45) is 0. The summed E-state index contributed by atoms with van der Waals surface area (Å²) in [5.74, 6) is -7.66. The fourth-order valence-corrected chi connectivity index (χ4v) is 2.19. The SMILES string of the molecule is Nc1[nH]c(=O)c(C(=O)O)c(-c2cc([N+](=O)[O-])c(F)cc2F)c1C(=O)O. The van der Waals surface area contributed by atoms with Crippen LogP contribution in [-0.4, -0.2) is 32.1 Å². The first-order valence-electron chi connectivity index (χ1n) is 6.22. The number of anilines is 1. The number of carboxylic acids is 2. The lowest BCUT2D eigenvalue weighted by Gasteiger charge is -2.12. The van der Waals surface area contributed by atoms with E-state index in [2.05, 4.69) is 0 Å². The lowest BCUT2D eigenvalue weighted by atomic mass is 9.94. The third-order valence-corrected chi connectivity index (χ3v) is 3.17. The number of pyridine rings is 1. The van der Waals surface area contributed by atoms with Crippen molar-refractivity contribution in [1.29, 1.82) is 0 Å². The summed E-state index contributed by atoms with van der Waals surface area (Å²) in [4.78, 5) is 45.9. The highest BCUT2D eigenvalue weighted by Crippen LogP contribution is 2.34. The van der Waals surface area contributed by atoms with E-state index in [-0.39, 0.29) is 12.1 Å². The van der Waals surface area contributed by atoms with Gasteiger partial charge in [-0.25, -0.2) is 14.0 Å². The number of nitro groups is 1. The molecule has 10 nitrogen and oxygen atoms in total. The Hall–Kier alpha value is -3.83. The number of rotatable bonds is 4. The Morgan fingerprint density at radius 2 is 1.68 bits per heavy atom. The number of hydrogen-bond acceptors (Lipinski definition) is 6. The van der Waals surface area contributed by atoms with Crippen molar-refractivity contribution in [3.63, 3.8) is 0 Å². The summed E-state index contributed by atoms with van der Waals surface area (Å²) < 4.78 is 27.6. The Labute approximate surface area is 135 Å². The van der Waals surface area contributed by atoms with Gasteiger partial charge in [0, 0.05) is 23.3 Å². The van der Waals surface area contributed by atoms with Gasteiger partial charge in [-0.3, -0.25) is 14.9 Å². The molecule has 0 aliphatic heterocycles. The third kappa shape index (κ3) is 2.87. The molecule has 0 aliphatic rings. The van der Waals surface area contributed by atoms with Crippen LogP contribution in [0.4, 0.5) is 20.3 Å². The van der Waals surface area contributed by atoms with Crippen LogP contribution in [-0.2, 0) is 0 Å². The van der Waals surface area contributed by atoms with E-state index in [0.29, 0.717) is 0 Å². The summed E-state index contributed by atoms with van der Waals surface area (Å²) >= 11 is 0. The average molecular weight is 355 g/mol. The molecule has 1 aromatic heterocycles. The van der Waals surface area contributed by atoms with Gasteiger partial charge >= 0.3 is 17.6 Å². The number of carbonyl (C=O) groups is 2. The minimum Gasteiger partial charge on any atom is -0.478 e. The van der Waals surface area contributed by atoms with Crippen LogP contribution < -0.4 is 11.3 Å². The quantitative estimate of drug-likeness (QED) is 0.467. The highest BCUT2D eigenvalue weighted by Gasteiger charge is 2.30. The summed E-state index contributed by atoms with van der Waals surface area (Å²) in [7, 11) is 0. The molecular weight excluding hydrogens is 348 g/mol. The molecule has 0 spiro atoms. The van der Waals surface area contributed by atoms with Crippen molar-refractivity contribution in [1.82, 2.24) is 4.98 Å². The predicted octanol–water partition coefficient (Wildman–Crippen LogP) is 1.21. The fourth-order valence-electron chi connectivity index (χ4n) is 2.19. The van der Waals surface area contributed by atoms with Gasteiger partial charge in [-0.2, -0.15) is 4.39 Å². The van der Waals surface area contributed by atoms with Crippen molar-refractivity contribution in [3.8, 4) is 11.1 Å². The summed E-state index contributed by atoms with van der Waals surface area (Å²) in [5, 5.41) is 29.2. The van der Waals surface area contributed by atoms with Gasteiger partial charge in [-0.05, 0) is 0 Å². The number of nitrogens with one attached hydrogen (secondary N) is 1. The second kappa shape index (κ2) is 5.99. The zero-order chi connectivity index (χ0) is 19.0. The molecule has 0 aliphatic carbocycles. The third-order valence-electron chi connectivity index (χ3n) is 3.17. The summed E-state index contributed by atoms with van der Waals surface area (Å²) in [6, 6.07) is 0.361. The molecule has 2 aromatic rings. The Morgan fingerprint density at radius 1 is 1.12 bits per heavy atom. The van der Waals surface area contributed by atoms with E-state index in [4.69, 9.17) is 10.8 Å². The van der Waals surface area contributed by atoms with E-state index in [1.165, 1.54) is 0 Å². The maximum Gasteiger partial charge on any atom is 0.342 e. The Morgan fingerprint density at radius 3 is 2.16 bits per heavy atom. The topological polar surface area (TPSA) is 177 Å². The van der Waals surface area contributed by atoms with E-state index < -0.39 is 67.8 Å². The first-order valence-corrected chi connectivity index (χ1v) is 6.22. The molecule has 0 saturated heterocycles. The van der Waals surface area contributed by atoms with E-state index >= 15 is 0 Å². The molecule has 0 radical (unpaired) electrons. The number of nitrogens with zero attached hydrogens (tertiary/aromatic N) is 1. The van der Waals surface area contributed by atoms with Crippen LogP contribution in [0.5, 0.6) is 0 Å². The smallest absolute Gasteiger partial charge is 0.342 e. The Bertz CT molecular complexity index is 1000. The molecule has 0 atom stereocenters. The molecule has 1 heterocycles. The van der Waals surface area contributed by atoms with Crippen molar-refractivity contribution >= 4 is 23.4 Å². The van der Waals surface area contributed by atoms with Crippen molar-refractivity contribution < 1.29 is 33.5 Å². The van der Waals surface area contributed by atoms with Crippen LogP contribution in [0.1, 0.15) is 20.7 Å². The minimum atomic E-state index is -1.94. The van der Waals surface area contributed by atoms with Crippen molar-refractivity contribution in [2.45, 2.75) is 0 Å². The van der Waals surface area contributed by atoms with Crippen LogP contribution in [0, 0.1) is 21.7 Å². The molecule has 25 heavy (non-hydrogen) atoms. The van der Waals surface area contributed by atoms with E-state index in [0.717, 1.165) is 0 Å². The van der Waals surface area contributed by atoms with Crippen LogP contribution in [0.15, 0.2) is 16.9 Å². The maximum atomic E-state index is 14.1. The number of aromatic amines is 1. The van der Waals surface area contributed by atoms with Gasteiger partial charge < -0.3 is 20.9 Å². The molecule has 0 bridgehead atoms. The van der Waals surface area contributed by atoms with Crippen molar-refractivity contribution in [2.24, 2.45) is 0 Å². The molecule has 130 valence electrons. The van der Waals surface area contributed by atoms with Gasteiger partial charge in [0.15, 0.2) is 0 Å². The number of H-pyrrole nitrogens is 1. The predicted molar refractivity (Wildman–Crippen MR) is 77.4 cm³/mol. The van der Waals surface area contributed by atoms with Gasteiger partial charge in [0.1, 0.15) is 22.8 Å². The van der Waals surface area contributed by atoms with E-state index in [1.807, 2.05) is 0 Å². The second-order valence-electron chi connectivity index (χ2n) is 4.64. The number of benzene rings is 1. The molecular formula is C13H7F2N3O7. The van der Waals surface area contributed by atoms with Gasteiger partial charge in [0.05, 0.1) is 4.92 Å². The molecule has 12 heteroatoms. The molecule has 5 N–H and O–H groups in total. The van der Waals surface area contributed by atoms with Crippen LogP contribution >= 0.6 is 0 Å². The van der Waals surface area contributed by atoms with E-state index in [1.54, 1.807) is 4.98 Å². The monoisotopic (exact) mass is 355 g/mol. The summed E-state index contributed by atoms with van der Waals surface area (Å²) in [6.45, 7) is 0. The molecule has 0 fully saturated rings. The second-order valence-corrected chi connectivity index (χ2v) is 4.64. The number of aromatic carboxylic acids is 2. The Balaban J connectivity index is 3.08. The molecule has 0 saturated carbocycles. The van der Waals surface area contributed by atoms with Gasteiger partial charge in [0.25, 0.3) is 5.56 Å². The van der Waals surface area contributed by atoms with Gasteiger partial charge in [-0.1, -0.05) is 0 Å². The minimum absolute atomic E-state index is 0.0715. The number of nitrogens with two attached hydrogens (primary N) is 1. The standard InChI is InChI=1S/C13H7F2N3O7/c14-4-2-5(15)6(18(24)25)1-3(4)7-8(12(20)21)10(16)17-11(19)9(7)13(22)23/h1-2H,(H,20,21)(H,22,23)(H3,16,17,19). The lowest BCUT2D eigenvalue weighted by Crippen LogP contribution is -2.24. The van der Waals surface area contributed by atoms with Crippen molar-refractivity contribution in [3.05, 3.63) is 55.4 Å². The van der Waals surface area contributed by atoms with E-state index in [9.17, 15) is 38.4 Å². The number of halogens is 2. The largest absolute Gasteiger partial charge is 0.478 e. The summed E-state index contributed by atoms with van der Waals surface area (Å²) in [5.41, 5.74) is -1.47. The molecule has 1 aromatic carbocycles. The molecule has 0 amide bonds. The van der Waals surface area contributed by atoms with Gasteiger partial charge in [0.2, 0.25) is 5.82 Å². The zero-order valence-electron chi connectivity index (χ0n) is 11.9. The van der Waals surface area contributed by atoms with Crippen LogP contribution in [0.3, 0.4) is 0 Å². The first kappa shape index (κ1) is 17.5. The van der Waals surface area contributed by atoms with Crippen molar-refractivity contribution in [2.75, 3.05) is 5.73 Å². The number of carboxylic acid groups (broad SMARTS) is 2.